The highest BCUT2D eigenvalue weighted by Gasteiger charge is 2.31. The number of nitrogens with one attached hydrogen (secondary N) is 1. The monoisotopic (exact) mass is 411 g/mol. The normalized spacial score (nSPS) is 11.6. The highest BCUT2D eigenvalue weighted by atomic mass is 35.5. The number of rotatable bonds is 5. The molecule has 0 aliphatic heterocycles. The number of halogens is 3. The Balaban J connectivity index is 2.10. The van der Waals surface area contributed by atoms with E-state index in [2.05, 4.69) is 10.2 Å². The van der Waals surface area contributed by atoms with Gasteiger partial charge in [-0.05, 0) is 18.2 Å². The summed E-state index contributed by atoms with van der Waals surface area (Å²) in [5, 5.41) is 6.27. The number of nitrogen functional groups attached to an aromatic ring is 1. The van der Waals surface area contributed by atoms with E-state index < -0.39 is 28.5 Å². The second kappa shape index (κ2) is 7.12. The van der Waals surface area contributed by atoms with Gasteiger partial charge in [0.1, 0.15) is 5.75 Å². The van der Waals surface area contributed by atoms with Gasteiger partial charge in [0.15, 0.2) is 5.82 Å². The van der Waals surface area contributed by atoms with Crippen LogP contribution in [-0.2, 0) is 19.5 Å². The summed E-state index contributed by atoms with van der Waals surface area (Å²) in [4.78, 5) is 24.3. The first-order chi connectivity index (χ1) is 13.1. The Labute approximate surface area is 162 Å². The molecule has 3 rings (SSSR count). The molecule has 0 bridgehead atoms. The molecule has 0 atom stereocenters. The Morgan fingerprint density at radius 1 is 1.32 bits per heavy atom. The van der Waals surface area contributed by atoms with Gasteiger partial charge in [-0.3, -0.25) is 9.36 Å². The van der Waals surface area contributed by atoms with Gasteiger partial charge in [-0.15, -0.1) is 0 Å². The maximum atomic E-state index is 14.0. The van der Waals surface area contributed by atoms with Crippen molar-refractivity contribution in [3.05, 3.63) is 67.7 Å². The van der Waals surface area contributed by atoms with Gasteiger partial charge in [0, 0.05) is 36.9 Å². The minimum atomic E-state index is -3.34. The molecule has 0 spiro atoms. The summed E-state index contributed by atoms with van der Waals surface area (Å²) in [5.41, 5.74) is 4.04. The second-order valence-electron chi connectivity index (χ2n) is 6.21. The molecule has 2 heterocycles. The van der Waals surface area contributed by atoms with Crippen molar-refractivity contribution in [3.8, 4) is 11.5 Å². The largest absolute Gasteiger partial charge is 0.451 e. The van der Waals surface area contributed by atoms with Gasteiger partial charge < -0.3 is 15.0 Å². The van der Waals surface area contributed by atoms with E-state index in [1.807, 2.05) is 0 Å². The number of aromatic amines is 1. The molecule has 0 radical (unpaired) electrons. The summed E-state index contributed by atoms with van der Waals surface area (Å²) in [6, 6.07) is 5.24. The van der Waals surface area contributed by atoms with Crippen LogP contribution in [-0.4, -0.2) is 19.3 Å². The number of alkyl halides is 2. The first-order valence-corrected chi connectivity index (χ1v) is 8.40. The summed E-state index contributed by atoms with van der Waals surface area (Å²) < 4.78 is 35.9. The molecule has 1 aromatic carbocycles. The van der Waals surface area contributed by atoms with E-state index in [0.717, 1.165) is 10.6 Å². The van der Waals surface area contributed by atoms with Crippen molar-refractivity contribution in [1.29, 1.82) is 0 Å². The number of pyridine rings is 1. The zero-order chi connectivity index (χ0) is 20.6. The molecule has 0 unspecified atom stereocenters. The summed E-state index contributed by atoms with van der Waals surface area (Å²) in [7, 11) is 1.47. The minimum Gasteiger partial charge on any atom is -0.451 e. The number of hydrogen-bond donors (Lipinski definition) is 2. The van der Waals surface area contributed by atoms with Gasteiger partial charge in [-0.1, -0.05) is 11.6 Å². The van der Waals surface area contributed by atoms with Crippen LogP contribution in [0.4, 0.5) is 14.5 Å². The zero-order valence-electron chi connectivity index (χ0n) is 14.9. The fourth-order valence-corrected chi connectivity index (χ4v) is 2.79. The predicted molar refractivity (Wildman–Crippen MR) is 99.1 cm³/mol. The molecule has 0 saturated heterocycles. The molecule has 3 N–H and O–H groups in total. The SMILES string of the molecule is Cn1c(Cn2ccc(C(C)(F)F)c(Oc3cc(N)cc(Cl)c3)c2=O)n[nH]c1=O. The van der Waals surface area contributed by atoms with Crippen LogP contribution >= 0.6 is 11.6 Å². The summed E-state index contributed by atoms with van der Waals surface area (Å²) in [6.07, 6.45) is 1.19. The van der Waals surface area contributed by atoms with E-state index in [4.69, 9.17) is 22.1 Å². The molecule has 0 aliphatic rings. The lowest BCUT2D eigenvalue weighted by Crippen LogP contribution is -2.26. The quantitative estimate of drug-likeness (QED) is 0.627. The van der Waals surface area contributed by atoms with E-state index in [-0.39, 0.29) is 28.8 Å². The lowest BCUT2D eigenvalue weighted by molar-refractivity contribution is 0.0151. The van der Waals surface area contributed by atoms with Crippen LogP contribution < -0.4 is 21.7 Å². The molecule has 8 nitrogen and oxygen atoms in total. The van der Waals surface area contributed by atoms with Crippen LogP contribution in [0.1, 0.15) is 18.3 Å². The number of benzene rings is 1. The molecule has 11 heteroatoms. The number of anilines is 1. The van der Waals surface area contributed by atoms with E-state index in [1.54, 1.807) is 0 Å². The van der Waals surface area contributed by atoms with E-state index in [1.165, 1.54) is 36.0 Å². The standard InChI is InChI=1S/C17H16ClF2N5O3/c1-17(19,20)12-3-4-25(8-13-22-23-16(27)24(13)2)15(26)14(12)28-11-6-9(18)5-10(21)7-11/h3-7H,8,21H2,1-2H3,(H,23,27). The summed E-state index contributed by atoms with van der Waals surface area (Å²) in [5.74, 6) is -3.63. The molecule has 148 valence electrons. The van der Waals surface area contributed by atoms with E-state index in [9.17, 15) is 18.4 Å². The Kier molecular flexibility index (Phi) is 4.99. The van der Waals surface area contributed by atoms with Crippen molar-refractivity contribution >= 4 is 17.3 Å². The molecule has 0 amide bonds. The van der Waals surface area contributed by atoms with Crippen molar-refractivity contribution in [2.24, 2.45) is 7.05 Å². The fourth-order valence-electron chi connectivity index (χ4n) is 2.56. The lowest BCUT2D eigenvalue weighted by Gasteiger charge is -2.17. The number of H-pyrrole nitrogens is 1. The Bertz CT molecular complexity index is 1130. The first-order valence-electron chi connectivity index (χ1n) is 8.02. The van der Waals surface area contributed by atoms with Crippen LogP contribution in [0.3, 0.4) is 0 Å². The predicted octanol–water partition coefficient (Wildman–Crippen LogP) is 2.46. The number of ether oxygens (including phenoxy) is 1. The number of nitrogens with two attached hydrogens (primary N) is 1. The molecule has 28 heavy (non-hydrogen) atoms. The average Bonchev–Trinajstić information content (AvgIpc) is 2.88. The lowest BCUT2D eigenvalue weighted by atomic mass is 10.1. The minimum absolute atomic E-state index is 0.0394. The van der Waals surface area contributed by atoms with Gasteiger partial charge in [0.25, 0.3) is 11.5 Å². The van der Waals surface area contributed by atoms with E-state index in [0.29, 0.717) is 6.92 Å². The third kappa shape index (κ3) is 3.91. The number of hydrogen-bond acceptors (Lipinski definition) is 5. The Hall–Kier alpha value is -3.14. The van der Waals surface area contributed by atoms with Crippen LogP contribution in [0.25, 0.3) is 0 Å². The van der Waals surface area contributed by atoms with Gasteiger partial charge >= 0.3 is 5.69 Å². The highest BCUT2D eigenvalue weighted by Crippen LogP contribution is 2.35. The Morgan fingerprint density at radius 3 is 2.61 bits per heavy atom. The smallest absolute Gasteiger partial charge is 0.343 e. The molecular formula is C17H16ClF2N5O3. The van der Waals surface area contributed by atoms with Crippen LogP contribution in [0.5, 0.6) is 11.5 Å². The van der Waals surface area contributed by atoms with Gasteiger partial charge in [0.2, 0.25) is 5.75 Å². The molecule has 0 saturated carbocycles. The van der Waals surface area contributed by atoms with Gasteiger partial charge in [0.05, 0.1) is 12.1 Å². The third-order valence-electron chi connectivity index (χ3n) is 3.99. The van der Waals surface area contributed by atoms with Crippen LogP contribution in [0.15, 0.2) is 40.1 Å². The molecule has 0 fully saturated rings. The molecule has 0 aliphatic carbocycles. The van der Waals surface area contributed by atoms with Crippen molar-refractivity contribution in [2.45, 2.75) is 19.4 Å². The Morgan fingerprint density at radius 2 is 2.04 bits per heavy atom. The van der Waals surface area contributed by atoms with Crippen LogP contribution in [0, 0.1) is 0 Å². The highest BCUT2D eigenvalue weighted by molar-refractivity contribution is 6.31. The molecule has 3 aromatic rings. The zero-order valence-corrected chi connectivity index (χ0v) is 15.6. The number of nitrogens with zero attached hydrogens (tertiary/aromatic N) is 3. The topological polar surface area (TPSA) is 108 Å². The molecular weight excluding hydrogens is 396 g/mol. The van der Waals surface area contributed by atoms with Gasteiger partial charge in [-0.25, -0.2) is 18.7 Å². The van der Waals surface area contributed by atoms with E-state index >= 15 is 0 Å². The second-order valence-corrected chi connectivity index (χ2v) is 6.64. The van der Waals surface area contributed by atoms with Crippen molar-refractivity contribution < 1.29 is 13.5 Å². The molecule has 2 aromatic heterocycles. The fraction of sp³-hybridized carbons (Fsp3) is 0.235. The van der Waals surface area contributed by atoms with Crippen molar-refractivity contribution in [2.75, 3.05) is 5.73 Å². The first kappa shape index (κ1) is 19.6. The summed E-state index contributed by atoms with van der Waals surface area (Å²) >= 11 is 5.91. The van der Waals surface area contributed by atoms with Crippen LogP contribution in [0.2, 0.25) is 5.02 Å². The third-order valence-corrected chi connectivity index (χ3v) is 4.21. The number of aromatic nitrogens is 4. The maximum absolute atomic E-state index is 14.0. The average molecular weight is 412 g/mol. The maximum Gasteiger partial charge on any atom is 0.343 e. The summed E-state index contributed by atoms with van der Waals surface area (Å²) in [6.45, 7) is 0.528. The van der Waals surface area contributed by atoms with Crippen molar-refractivity contribution in [1.82, 2.24) is 19.3 Å². The van der Waals surface area contributed by atoms with Gasteiger partial charge in [-0.2, -0.15) is 5.10 Å². The van der Waals surface area contributed by atoms with Crippen molar-refractivity contribution in [3.63, 3.8) is 0 Å².